The fourth-order valence-corrected chi connectivity index (χ4v) is 4.94. The third-order valence-electron chi connectivity index (χ3n) is 3.62. The predicted molar refractivity (Wildman–Crippen MR) is 84.8 cm³/mol. The molecule has 0 bridgehead atoms. The number of hydrogen-bond donors (Lipinski definition) is 0. The summed E-state index contributed by atoms with van der Waals surface area (Å²) in [4.78, 5) is 10.7. The van der Waals surface area contributed by atoms with Gasteiger partial charge in [0.25, 0.3) is 7.52 Å². The van der Waals surface area contributed by atoms with Crippen LogP contribution < -0.4 is 4.90 Å². The van der Waals surface area contributed by atoms with Crippen LogP contribution in [0.3, 0.4) is 0 Å². The van der Waals surface area contributed by atoms with E-state index in [9.17, 15) is 4.57 Å². The zero-order valence-electron chi connectivity index (χ0n) is 13.3. The minimum Gasteiger partial charge on any atom is -0.338 e. The van der Waals surface area contributed by atoms with Crippen molar-refractivity contribution < 1.29 is 9.09 Å². The van der Waals surface area contributed by atoms with Crippen LogP contribution in [0.4, 0.5) is 5.95 Å². The number of anilines is 1. The summed E-state index contributed by atoms with van der Waals surface area (Å²) in [5, 5.41) is -0.381. The smallest absolute Gasteiger partial charge is 0.277 e. The van der Waals surface area contributed by atoms with Crippen molar-refractivity contribution in [1.82, 2.24) is 14.6 Å². The summed E-state index contributed by atoms with van der Waals surface area (Å²) in [6.07, 6.45) is 3.49. The van der Waals surface area contributed by atoms with Gasteiger partial charge in [0.15, 0.2) is 0 Å². The average Bonchev–Trinajstić information content (AvgIpc) is 2.47. The maximum absolute atomic E-state index is 13.3. The third kappa shape index (κ3) is 3.44. The Kier molecular flexibility index (Phi) is 5.02. The number of hydrogen-bond acceptors (Lipinski definition) is 5. The van der Waals surface area contributed by atoms with E-state index in [4.69, 9.17) is 4.52 Å². The molecule has 2 heterocycles. The summed E-state index contributed by atoms with van der Waals surface area (Å²) in [6, 6.07) is 1.81. The van der Waals surface area contributed by atoms with Crippen LogP contribution in [-0.2, 0) is 9.09 Å². The van der Waals surface area contributed by atoms with Crippen LogP contribution in [-0.4, -0.2) is 52.6 Å². The lowest BCUT2D eigenvalue weighted by atomic mass is 10.3. The lowest BCUT2D eigenvalue weighted by Crippen LogP contribution is -2.47. The molecule has 0 aliphatic carbocycles. The maximum atomic E-state index is 13.3. The minimum atomic E-state index is -2.83. The first-order valence-electron chi connectivity index (χ1n) is 7.40. The summed E-state index contributed by atoms with van der Waals surface area (Å²) in [5.41, 5.74) is 0. The number of nitrogens with zero attached hydrogens (tertiary/aromatic N) is 4. The van der Waals surface area contributed by atoms with E-state index in [-0.39, 0.29) is 5.16 Å². The third-order valence-corrected chi connectivity index (χ3v) is 7.06. The van der Waals surface area contributed by atoms with Gasteiger partial charge in [-0.2, -0.15) is 0 Å². The SMILES string of the molecule is CCOP(=O)(N1CCN(c2ncccn2)CC1)C(C)(C)C. The Bertz CT molecular complexity index is 495. The number of piperazine rings is 1. The second-order valence-corrected chi connectivity index (χ2v) is 9.30. The van der Waals surface area contributed by atoms with Crippen molar-refractivity contribution >= 4 is 13.5 Å². The molecule has 1 atom stereocenters. The molecule has 0 radical (unpaired) electrons. The van der Waals surface area contributed by atoms with E-state index in [2.05, 4.69) is 14.9 Å². The van der Waals surface area contributed by atoms with Crippen molar-refractivity contribution in [2.45, 2.75) is 32.9 Å². The molecule has 0 N–H and O–H groups in total. The first kappa shape index (κ1) is 16.4. The lowest BCUT2D eigenvalue weighted by molar-refractivity contribution is 0.246. The summed E-state index contributed by atoms with van der Waals surface area (Å²) in [7, 11) is -2.83. The fraction of sp³-hybridized carbons (Fsp3) is 0.714. The highest BCUT2D eigenvalue weighted by molar-refractivity contribution is 7.58. The molecule has 1 unspecified atom stereocenters. The van der Waals surface area contributed by atoms with Crippen LogP contribution in [0.5, 0.6) is 0 Å². The van der Waals surface area contributed by atoms with Gasteiger partial charge in [-0.15, -0.1) is 0 Å². The van der Waals surface area contributed by atoms with E-state index in [1.807, 2.05) is 38.4 Å². The largest absolute Gasteiger partial charge is 0.338 e. The van der Waals surface area contributed by atoms with E-state index in [0.717, 1.165) is 19.0 Å². The summed E-state index contributed by atoms with van der Waals surface area (Å²) in [5.74, 6) is 0.735. The van der Waals surface area contributed by atoms with Gasteiger partial charge in [-0.25, -0.2) is 14.6 Å². The number of aromatic nitrogens is 2. The van der Waals surface area contributed by atoms with Crippen molar-refractivity contribution in [1.29, 1.82) is 0 Å². The van der Waals surface area contributed by atoms with Crippen molar-refractivity contribution in [3.63, 3.8) is 0 Å². The molecule has 0 saturated carbocycles. The quantitative estimate of drug-likeness (QED) is 0.797. The Morgan fingerprint density at radius 2 is 1.76 bits per heavy atom. The molecule has 0 aromatic carbocycles. The molecule has 21 heavy (non-hydrogen) atoms. The Morgan fingerprint density at radius 3 is 2.24 bits per heavy atom. The minimum absolute atomic E-state index is 0.381. The molecular weight excluding hydrogens is 287 g/mol. The van der Waals surface area contributed by atoms with Crippen LogP contribution in [0.25, 0.3) is 0 Å². The molecule has 1 saturated heterocycles. The zero-order valence-corrected chi connectivity index (χ0v) is 14.2. The molecule has 1 aliphatic rings. The summed E-state index contributed by atoms with van der Waals surface area (Å²) in [6.45, 7) is 11.2. The van der Waals surface area contributed by atoms with Crippen LogP contribution in [0.1, 0.15) is 27.7 Å². The van der Waals surface area contributed by atoms with Gasteiger partial charge in [0.2, 0.25) is 5.95 Å². The van der Waals surface area contributed by atoms with Crippen molar-refractivity contribution in [3.05, 3.63) is 18.5 Å². The fourth-order valence-electron chi connectivity index (χ4n) is 2.49. The first-order chi connectivity index (χ1) is 9.88. The molecule has 1 aromatic heterocycles. The molecular formula is C14H25N4O2P. The van der Waals surface area contributed by atoms with E-state index in [1.54, 1.807) is 12.4 Å². The van der Waals surface area contributed by atoms with Crippen LogP contribution >= 0.6 is 7.52 Å². The van der Waals surface area contributed by atoms with Crippen molar-refractivity contribution in [2.24, 2.45) is 0 Å². The second-order valence-electron chi connectivity index (χ2n) is 6.10. The van der Waals surface area contributed by atoms with E-state index >= 15 is 0 Å². The van der Waals surface area contributed by atoms with Crippen molar-refractivity contribution in [3.8, 4) is 0 Å². The summed E-state index contributed by atoms with van der Waals surface area (Å²) >= 11 is 0. The van der Waals surface area contributed by atoms with Gasteiger partial charge in [0, 0.05) is 38.6 Å². The standard InChI is InChI=1S/C14H25N4O2P/c1-5-20-21(19,14(2,3)4)18-11-9-17(10-12-18)13-15-7-6-8-16-13/h6-8H,5,9-12H2,1-4H3. The Hall–Kier alpha value is -0.970. The Morgan fingerprint density at radius 1 is 1.19 bits per heavy atom. The normalized spacial score (nSPS) is 20.3. The molecule has 0 amide bonds. The predicted octanol–water partition coefficient (Wildman–Crippen LogP) is 2.63. The molecule has 7 heteroatoms. The van der Waals surface area contributed by atoms with Gasteiger partial charge in [-0.1, -0.05) is 0 Å². The molecule has 118 valence electrons. The molecule has 2 rings (SSSR count). The molecule has 1 fully saturated rings. The van der Waals surface area contributed by atoms with Crippen LogP contribution in [0.15, 0.2) is 18.5 Å². The van der Waals surface area contributed by atoms with Crippen molar-refractivity contribution in [2.75, 3.05) is 37.7 Å². The Labute approximate surface area is 127 Å². The van der Waals surface area contributed by atoms with E-state index in [1.165, 1.54) is 0 Å². The average molecular weight is 312 g/mol. The number of rotatable bonds is 4. The molecule has 1 aliphatic heterocycles. The highest BCUT2D eigenvalue weighted by Crippen LogP contribution is 2.61. The highest BCUT2D eigenvalue weighted by Gasteiger charge is 2.44. The zero-order chi connectivity index (χ0) is 15.5. The lowest BCUT2D eigenvalue weighted by Gasteiger charge is -2.43. The first-order valence-corrected chi connectivity index (χ1v) is 8.98. The molecule has 6 nitrogen and oxygen atoms in total. The second kappa shape index (κ2) is 6.42. The molecule has 0 spiro atoms. The maximum Gasteiger partial charge on any atom is 0.277 e. The van der Waals surface area contributed by atoms with Gasteiger partial charge in [-0.3, -0.25) is 4.57 Å². The van der Waals surface area contributed by atoms with Crippen LogP contribution in [0, 0.1) is 0 Å². The van der Waals surface area contributed by atoms with Gasteiger partial charge in [0.05, 0.1) is 11.8 Å². The molecule has 1 aromatic rings. The highest BCUT2D eigenvalue weighted by atomic mass is 31.2. The van der Waals surface area contributed by atoms with E-state index < -0.39 is 7.52 Å². The van der Waals surface area contributed by atoms with Gasteiger partial charge in [-0.05, 0) is 33.8 Å². The summed E-state index contributed by atoms with van der Waals surface area (Å²) < 4.78 is 21.0. The van der Waals surface area contributed by atoms with Gasteiger partial charge >= 0.3 is 0 Å². The van der Waals surface area contributed by atoms with Gasteiger partial charge in [0.1, 0.15) is 0 Å². The monoisotopic (exact) mass is 312 g/mol. The Balaban J connectivity index is 2.07. The van der Waals surface area contributed by atoms with Crippen LogP contribution in [0.2, 0.25) is 0 Å². The van der Waals surface area contributed by atoms with E-state index in [0.29, 0.717) is 19.7 Å². The topological polar surface area (TPSA) is 58.6 Å². The van der Waals surface area contributed by atoms with Gasteiger partial charge < -0.3 is 9.42 Å².